The summed E-state index contributed by atoms with van der Waals surface area (Å²) in [5.41, 5.74) is 4.99. The van der Waals surface area contributed by atoms with Crippen LogP contribution in [0.4, 0.5) is 5.69 Å². The molecular formula is C22H25N3O2. The number of fused-ring (bicyclic) bond motifs is 1. The number of aromatic amines is 1. The Hall–Kier alpha value is -2.79. The van der Waals surface area contributed by atoms with E-state index in [0.717, 1.165) is 36.1 Å². The molecule has 5 nitrogen and oxygen atoms in total. The van der Waals surface area contributed by atoms with Gasteiger partial charge < -0.3 is 14.7 Å². The summed E-state index contributed by atoms with van der Waals surface area (Å²) in [6.07, 6.45) is 9.59. The van der Waals surface area contributed by atoms with Gasteiger partial charge in [0.15, 0.2) is 0 Å². The molecule has 0 aliphatic carbocycles. The van der Waals surface area contributed by atoms with Crippen LogP contribution in [-0.4, -0.2) is 34.9 Å². The van der Waals surface area contributed by atoms with Crippen molar-refractivity contribution in [1.29, 1.82) is 0 Å². The standard InChI is InChI=1S/C22H25N3O2/c1-3-15(2)25-9-6-16(7-10-25)20-13-23-21-5-4-18(12-19(20)21)24-22(26)17-8-11-27-14-17/h4-6,8,11-15,23H,3,7,9-10H2,1-2H3,(H,24,26). The van der Waals surface area contributed by atoms with Crippen LogP contribution < -0.4 is 5.32 Å². The molecule has 2 N–H and O–H groups in total. The first kappa shape index (κ1) is 17.6. The van der Waals surface area contributed by atoms with Crippen LogP contribution in [0.25, 0.3) is 16.5 Å². The van der Waals surface area contributed by atoms with Gasteiger partial charge in [-0.15, -0.1) is 0 Å². The Kier molecular flexibility index (Phi) is 4.86. The number of aromatic nitrogens is 1. The molecule has 140 valence electrons. The molecule has 1 aromatic carbocycles. The van der Waals surface area contributed by atoms with Crippen LogP contribution in [0.15, 0.2) is 53.5 Å². The van der Waals surface area contributed by atoms with Gasteiger partial charge in [0, 0.05) is 47.5 Å². The van der Waals surface area contributed by atoms with Gasteiger partial charge in [0.05, 0.1) is 11.8 Å². The molecule has 27 heavy (non-hydrogen) atoms. The number of nitrogens with zero attached hydrogens (tertiary/aromatic N) is 1. The minimum atomic E-state index is -0.165. The lowest BCUT2D eigenvalue weighted by molar-refractivity contribution is 0.102. The van der Waals surface area contributed by atoms with E-state index in [1.165, 1.54) is 30.1 Å². The molecule has 0 radical (unpaired) electrons. The number of carbonyl (C=O) groups excluding carboxylic acids is 1. The smallest absolute Gasteiger partial charge is 0.258 e. The number of furan rings is 1. The Morgan fingerprint density at radius 3 is 2.96 bits per heavy atom. The second kappa shape index (κ2) is 7.45. The van der Waals surface area contributed by atoms with Crippen LogP contribution in [0, 0.1) is 0 Å². The predicted octanol–water partition coefficient (Wildman–Crippen LogP) is 4.90. The summed E-state index contributed by atoms with van der Waals surface area (Å²) in [6, 6.07) is 8.25. The lowest BCUT2D eigenvalue weighted by Gasteiger charge is -2.31. The van der Waals surface area contributed by atoms with Gasteiger partial charge in [-0.2, -0.15) is 0 Å². The topological polar surface area (TPSA) is 61.3 Å². The van der Waals surface area contributed by atoms with E-state index in [9.17, 15) is 4.79 Å². The van der Waals surface area contributed by atoms with Gasteiger partial charge in [0.1, 0.15) is 6.26 Å². The third kappa shape index (κ3) is 3.55. The number of H-pyrrole nitrogens is 1. The van der Waals surface area contributed by atoms with E-state index in [4.69, 9.17) is 4.42 Å². The van der Waals surface area contributed by atoms with Crippen molar-refractivity contribution in [2.24, 2.45) is 0 Å². The van der Waals surface area contributed by atoms with Crippen LogP contribution in [0.1, 0.15) is 42.6 Å². The van der Waals surface area contributed by atoms with Crippen molar-refractivity contribution in [2.45, 2.75) is 32.7 Å². The summed E-state index contributed by atoms with van der Waals surface area (Å²) in [5.74, 6) is -0.165. The van der Waals surface area contributed by atoms with E-state index in [-0.39, 0.29) is 5.91 Å². The van der Waals surface area contributed by atoms with Crippen molar-refractivity contribution in [2.75, 3.05) is 18.4 Å². The number of anilines is 1. The molecule has 1 aliphatic rings. The Morgan fingerprint density at radius 2 is 2.26 bits per heavy atom. The number of hydrogen-bond donors (Lipinski definition) is 2. The van der Waals surface area contributed by atoms with Gasteiger partial charge in [-0.25, -0.2) is 0 Å². The van der Waals surface area contributed by atoms with Gasteiger partial charge in [-0.3, -0.25) is 9.69 Å². The first-order valence-electron chi connectivity index (χ1n) is 9.54. The van der Waals surface area contributed by atoms with E-state index in [0.29, 0.717) is 11.6 Å². The molecule has 1 amide bonds. The van der Waals surface area contributed by atoms with Gasteiger partial charge >= 0.3 is 0 Å². The van der Waals surface area contributed by atoms with Crippen LogP contribution in [0.5, 0.6) is 0 Å². The van der Waals surface area contributed by atoms with E-state index in [1.807, 2.05) is 18.2 Å². The normalized spacial score (nSPS) is 16.3. The molecule has 3 aromatic rings. The minimum Gasteiger partial charge on any atom is -0.472 e. The molecule has 0 saturated carbocycles. The molecule has 4 rings (SSSR count). The summed E-state index contributed by atoms with van der Waals surface area (Å²) >= 11 is 0. The maximum Gasteiger partial charge on any atom is 0.258 e. The SMILES string of the molecule is CCC(C)N1CC=C(c2c[nH]c3ccc(NC(=O)c4ccoc4)cc23)CC1. The summed E-state index contributed by atoms with van der Waals surface area (Å²) in [7, 11) is 0. The van der Waals surface area contributed by atoms with E-state index in [1.54, 1.807) is 6.07 Å². The Balaban J connectivity index is 1.58. The zero-order valence-corrected chi connectivity index (χ0v) is 15.8. The fourth-order valence-corrected chi connectivity index (χ4v) is 3.65. The highest BCUT2D eigenvalue weighted by Crippen LogP contribution is 2.31. The van der Waals surface area contributed by atoms with Crippen LogP contribution >= 0.6 is 0 Å². The summed E-state index contributed by atoms with van der Waals surface area (Å²) in [5, 5.41) is 4.09. The molecule has 1 unspecified atom stereocenters. The van der Waals surface area contributed by atoms with E-state index in [2.05, 4.69) is 41.3 Å². The maximum atomic E-state index is 12.3. The fraction of sp³-hybridized carbons (Fsp3) is 0.318. The van der Waals surface area contributed by atoms with Crippen molar-refractivity contribution < 1.29 is 9.21 Å². The first-order chi connectivity index (χ1) is 13.2. The minimum absolute atomic E-state index is 0.165. The van der Waals surface area contributed by atoms with Crippen LogP contribution in [-0.2, 0) is 0 Å². The molecule has 0 saturated heterocycles. The fourth-order valence-electron chi connectivity index (χ4n) is 3.65. The molecule has 5 heteroatoms. The van der Waals surface area contributed by atoms with Crippen LogP contribution in [0.3, 0.4) is 0 Å². The third-order valence-electron chi connectivity index (χ3n) is 5.52. The van der Waals surface area contributed by atoms with Crippen molar-refractivity contribution in [3.63, 3.8) is 0 Å². The van der Waals surface area contributed by atoms with Crippen LogP contribution in [0.2, 0.25) is 0 Å². The second-order valence-corrected chi connectivity index (χ2v) is 7.16. The van der Waals surface area contributed by atoms with E-state index < -0.39 is 0 Å². The zero-order valence-electron chi connectivity index (χ0n) is 15.8. The Bertz CT molecular complexity index is 969. The lowest BCUT2D eigenvalue weighted by atomic mass is 9.97. The molecule has 0 bridgehead atoms. The van der Waals surface area contributed by atoms with Crippen molar-refractivity contribution >= 4 is 28.1 Å². The van der Waals surface area contributed by atoms with Crippen molar-refractivity contribution in [3.8, 4) is 0 Å². The number of carbonyl (C=O) groups is 1. The molecule has 0 spiro atoms. The molecule has 0 fully saturated rings. The summed E-state index contributed by atoms with van der Waals surface area (Å²) in [6.45, 7) is 6.61. The number of hydrogen-bond acceptors (Lipinski definition) is 3. The average molecular weight is 363 g/mol. The van der Waals surface area contributed by atoms with Gasteiger partial charge in [0.25, 0.3) is 5.91 Å². The highest BCUT2D eigenvalue weighted by Gasteiger charge is 2.18. The molecular weight excluding hydrogens is 338 g/mol. The van der Waals surface area contributed by atoms with Gasteiger partial charge in [-0.05, 0) is 49.6 Å². The lowest BCUT2D eigenvalue weighted by Crippen LogP contribution is -2.35. The van der Waals surface area contributed by atoms with Gasteiger partial charge in [-0.1, -0.05) is 13.0 Å². The number of nitrogens with one attached hydrogen (secondary N) is 2. The molecule has 1 atom stereocenters. The first-order valence-corrected chi connectivity index (χ1v) is 9.54. The highest BCUT2D eigenvalue weighted by molar-refractivity contribution is 6.05. The maximum absolute atomic E-state index is 12.3. The van der Waals surface area contributed by atoms with Crippen molar-refractivity contribution in [3.05, 3.63) is 60.2 Å². The highest BCUT2D eigenvalue weighted by atomic mass is 16.3. The Labute approximate surface area is 159 Å². The quantitative estimate of drug-likeness (QED) is 0.678. The summed E-state index contributed by atoms with van der Waals surface area (Å²) < 4.78 is 4.99. The molecule has 3 heterocycles. The van der Waals surface area contributed by atoms with Gasteiger partial charge in [0.2, 0.25) is 0 Å². The zero-order chi connectivity index (χ0) is 18.8. The monoisotopic (exact) mass is 363 g/mol. The summed E-state index contributed by atoms with van der Waals surface area (Å²) in [4.78, 5) is 18.1. The number of rotatable bonds is 5. The van der Waals surface area contributed by atoms with E-state index >= 15 is 0 Å². The number of benzene rings is 1. The second-order valence-electron chi connectivity index (χ2n) is 7.16. The average Bonchev–Trinajstić information content (AvgIpc) is 3.37. The molecule has 2 aromatic heterocycles. The Morgan fingerprint density at radius 1 is 1.37 bits per heavy atom. The largest absolute Gasteiger partial charge is 0.472 e. The molecule has 1 aliphatic heterocycles. The number of amides is 1. The third-order valence-corrected chi connectivity index (χ3v) is 5.52. The predicted molar refractivity (Wildman–Crippen MR) is 109 cm³/mol. The van der Waals surface area contributed by atoms with Crippen molar-refractivity contribution in [1.82, 2.24) is 9.88 Å².